The quantitative estimate of drug-likeness (QED) is 0.332. The molecule has 10 heteroatoms. The Morgan fingerprint density at radius 1 is 1.28 bits per heavy atom. The molecule has 4 rings (SSSR count). The van der Waals surface area contributed by atoms with Gasteiger partial charge < -0.3 is 4.74 Å². The molecule has 162 valence electrons. The fourth-order valence-corrected chi connectivity index (χ4v) is 4.71. The maximum Gasteiger partial charge on any atom is 0.338 e. The fraction of sp³-hybridized carbons (Fsp3) is 0.136. The zero-order valence-electron chi connectivity index (χ0n) is 16.9. The van der Waals surface area contributed by atoms with Crippen LogP contribution in [0.25, 0.3) is 6.08 Å². The maximum absolute atomic E-state index is 13.4. The molecule has 0 fully saturated rings. The van der Waals surface area contributed by atoms with Crippen LogP contribution in [0, 0.1) is 10.1 Å². The number of thiazole rings is 1. The highest BCUT2D eigenvalue weighted by Crippen LogP contribution is 2.31. The number of nitrogens with zero attached hydrogens (tertiary/aromatic N) is 3. The lowest BCUT2D eigenvalue weighted by molar-refractivity contribution is -0.384. The van der Waals surface area contributed by atoms with Crippen molar-refractivity contribution in [3.05, 3.63) is 106 Å². The Hall–Kier alpha value is -3.56. The van der Waals surface area contributed by atoms with Gasteiger partial charge in [-0.25, -0.2) is 9.79 Å². The Bertz CT molecular complexity index is 1450. The van der Waals surface area contributed by atoms with E-state index < -0.39 is 16.9 Å². The molecule has 3 aromatic rings. The second-order valence-corrected chi connectivity index (χ2v) is 8.42. The van der Waals surface area contributed by atoms with Crippen molar-refractivity contribution in [2.75, 3.05) is 7.11 Å². The number of benzene rings is 2. The number of carbonyl (C=O) groups is 1. The van der Waals surface area contributed by atoms with Crippen molar-refractivity contribution in [2.45, 2.75) is 13.0 Å². The Labute approximate surface area is 190 Å². The summed E-state index contributed by atoms with van der Waals surface area (Å²) in [6, 6.07) is 12.1. The molecule has 0 saturated heterocycles. The second-order valence-electron chi connectivity index (χ2n) is 6.98. The molecule has 0 unspecified atom stereocenters. The fourth-order valence-electron chi connectivity index (χ4n) is 3.53. The molecule has 0 aliphatic carbocycles. The second kappa shape index (κ2) is 8.52. The molecule has 0 radical (unpaired) electrons. The van der Waals surface area contributed by atoms with Crippen LogP contribution in [-0.4, -0.2) is 22.6 Å². The van der Waals surface area contributed by atoms with Crippen LogP contribution in [0.5, 0.6) is 0 Å². The van der Waals surface area contributed by atoms with Crippen molar-refractivity contribution in [3.8, 4) is 0 Å². The first kappa shape index (κ1) is 21.7. The summed E-state index contributed by atoms with van der Waals surface area (Å²) in [6.45, 7) is 1.69. The summed E-state index contributed by atoms with van der Waals surface area (Å²) >= 11 is 7.17. The largest absolute Gasteiger partial charge is 0.466 e. The molecule has 1 aliphatic heterocycles. The molecule has 0 amide bonds. The first-order valence-corrected chi connectivity index (χ1v) is 10.6. The average molecular weight is 470 g/mol. The predicted octanol–water partition coefficient (Wildman–Crippen LogP) is 2.97. The number of allylic oxidation sites excluding steroid dienone is 1. The van der Waals surface area contributed by atoms with Gasteiger partial charge in [-0.05, 0) is 36.3 Å². The van der Waals surface area contributed by atoms with E-state index in [-0.39, 0.29) is 16.8 Å². The van der Waals surface area contributed by atoms with Crippen molar-refractivity contribution in [1.29, 1.82) is 0 Å². The topological polar surface area (TPSA) is 104 Å². The number of carbonyl (C=O) groups excluding carboxylic acids is 1. The zero-order chi connectivity index (χ0) is 23.0. The number of hydrogen-bond donors (Lipinski definition) is 0. The summed E-state index contributed by atoms with van der Waals surface area (Å²) < 4.78 is 6.74. The molecule has 32 heavy (non-hydrogen) atoms. The lowest BCUT2D eigenvalue weighted by atomic mass is 9.96. The van der Waals surface area contributed by atoms with Gasteiger partial charge in [-0.1, -0.05) is 47.2 Å². The number of esters is 1. The lowest BCUT2D eigenvalue weighted by Crippen LogP contribution is -2.39. The van der Waals surface area contributed by atoms with E-state index in [1.54, 1.807) is 49.4 Å². The zero-order valence-corrected chi connectivity index (χ0v) is 18.5. The first-order valence-electron chi connectivity index (χ1n) is 9.41. The van der Waals surface area contributed by atoms with Crippen LogP contribution in [0.4, 0.5) is 5.69 Å². The van der Waals surface area contributed by atoms with E-state index >= 15 is 0 Å². The van der Waals surface area contributed by atoms with E-state index in [1.807, 2.05) is 0 Å². The van der Waals surface area contributed by atoms with Crippen LogP contribution in [0.1, 0.15) is 24.1 Å². The van der Waals surface area contributed by atoms with Crippen molar-refractivity contribution in [1.82, 2.24) is 4.57 Å². The predicted molar refractivity (Wildman–Crippen MR) is 120 cm³/mol. The molecule has 2 heterocycles. The first-order chi connectivity index (χ1) is 15.3. The number of nitro benzene ring substituents is 1. The summed E-state index contributed by atoms with van der Waals surface area (Å²) in [5, 5.41) is 11.6. The van der Waals surface area contributed by atoms with Gasteiger partial charge in [-0.15, -0.1) is 0 Å². The van der Waals surface area contributed by atoms with E-state index in [0.29, 0.717) is 31.2 Å². The maximum atomic E-state index is 13.4. The van der Waals surface area contributed by atoms with Crippen molar-refractivity contribution in [3.63, 3.8) is 0 Å². The van der Waals surface area contributed by atoms with Crippen molar-refractivity contribution in [2.24, 2.45) is 4.99 Å². The minimum absolute atomic E-state index is 0.0746. The number of hydrogen-bond acceptors (Lipinski definition) is 7. The summed E-state index contributed by atoms with van der Waals surface area (Å²) in [5.74, 6) is -0.584. The smallest absolute Gasteiger partial charge is 0.338 e. The average Bonchev–Trinajstić information content (AvgIpc) is 3.07. The van der Waals surface area contributed by atoms with Gasteiger partial charge in [0.05, 0.1) is 33.9 Å². The molecule has 0 spiro atoms. The molecule has 8 nitrogen and oxygen atoms in total. The summed E-state index contributed by atoms with van der Waals surface area (Å²) in [6.07, 6.45) is 1.58. The van der Waals surface area contributed by atoms with E-state index in [9.17, 15) is 19.7 Å². The third-order valence-corrected chi connectivity index (χ3v) is 6.23. The number of aromatic nitrogens is 1. The van der Waals surface area contributed by atoms with E-state index in [0.717, 1.165) is 11.3 Å². The van der Waals surface area contributed by atoms with E-state index in [1.165, 1.54) is 23.8 Å². The number of methoxy groups -OCH3 is 1. The Kier molecular flexibility index (Phi) is 5.77. The third kappa shape index (κ3) is 3.88. The van der Waals surface area contributed by atoms with Gasteiger partial charge in [0.1, 0.15) is 0 Å². The molecular formula is C22H16ClN3O5S. The number of ether oxygens (including phenoxy) is 1. The van der Waals surface area contributed by atoms with Crippen molar-refractivity contribution >= 4 is 40.7 Å². The van der Waals surface area contributed by atoms with Crippen LogP contribution in [0.2, 0.25) is 5.02 Å². The Morgan fingerprint density at radius 3 is 2.66 bits per heavy atom. The molecule has 1 aliphatic rings. The van der Waals surface area contributed by atoms with Crippen LogP contribution >= 0.6 is 22.9 Å². The van der Waals surface area contributed by atoms with Gasteiger partial charge in [0.15, 0.2) is 4.80 Å². The van der Waals surface area contributed by atoms with Gasteiger partial charge in [0.2, 0.25) is 0 Å². The minimum atomic E-state index is -0.747. The third-order valence-electron chi connectivity index (χ3n) is 4.99. The van der Waals surface area contributed by atoms with Gasteiger partial charge >= 0.3 is 5.97 Å². The highest BCUT2D eigenvalue weighted by atomic mass is 35.5. The van der Waals surface area contributed by atoms with Crippen LogP contribution in [-0.2, 0) is 9.53 Å². The summed E-state index contributed by atoms with van der Waals surface area (Å²) in [4.78, 5) is 41.5. The van der Waals surface area contributed by atoms with Gasteiger partial charge in [-0.3, -0.25) is 19.5 Å². The van der Waals surface area contributed by atoms with E-state index in [4.69, 9.17) is 16.3 Å². The molecular weight excluding hydrogens is 454 g/mol. The monoisotopic (exact) mass is 469 g/mol. The number of fused-ring (bicyclic) bond motifs is 1. The standard InChI is InChI=1S/C22H16ClN3O5S/c1-12-18(21(28)31-2)19(14-6-8-15(23)9-7-14)25-20(27)17(32-22(25)24-12)11-13-4-3-5-16(10-13)26(29)30/h3-11,19H,1-2H3/b17-11+/t19-/m1/s1. The van der Waals surface area contributed by atoms with Crippen LogP contribution in [0.3, 0.4) is 0 Å². The highest BCUT2D eigenvalue weighted by Gasteiger charge is 2.33. The molecule has 2 aromatic carbocycles. The molecule has 0 bridgehead atoms. The number of rotatable bonds is 4. The molecule has 1 aromatic heterocycles. The molecule has 0 saturated carbocycles. The Balaban J connectivity index is 1.95. The minimum Gasteiger partial charge on any atom is -0.466 e. The number of non-ortho nitro benzene ring substituents is 1. The van der Waals surface area contributed by atoms with Gasteiger partial charge in [-0.2, -0.15) is 0 Å². The molecule has 1 atom stereocenters. The van der Waals surface area contributed by atoms with Gasteiger partial charge in [0.25, 0.3) is 11.2 Å². The lowest BCUT2D eigenvalue weighted by Gasteiger charge is -2.24. The Morgan fingerprint density at radius 2 is 2.00 bits per heavy atom. The number of nitro groups is 1. The number of halogens is 1. The summed E-state index contributed by atoms with van der Waals surface area (Å²) in [7, 11) is 1.27. The molecule has 0 N–H and O–H groups in total. The normalized spacial score (nSPS) is 15.8. The SMILES string of the molecule is COC(=O)C1=C(C)N=c2s/c(=C/c3cccc([N+](=O)[O-])c3)c(=O)n2[C@@H]1c1ccc(Cl)cc1. The van der Waals surface area contributed by atoms with Gasteiger partial charge in [0, 0.05) is 17.2 Å². The van der Waals surface area contributed by atoms with Crippen LogP contribution < -0.4 is 14.9 Å². The highest BCUT2D eigenvalue weighted by molar-refractivity contribution is 7.07. The van der Waals surface area contributed by atoms with Crippen molar-refractivity contribution < 1.29 is 14.5 Å². The van der Waals surface area contributed by atoms with Crippen LogP contribution in [0.15, 0.2) is 69.6 Å². The summed E-state index contributed by atoms with van der Waals surface area (Å²) in [5.41, 5.74) is 1.44. The van der Waals surface area contributed by atoms with E-state index in [2.05, 4.69) is 4.99 Å².